The first-order chi connectivity index (χ1) is 26.5. The second-order valence-electron chi connectivity index (χ2n) is 11.3. The second kappa shape index (κ2) is 14.8. The van der Waals surface area contributed by atoms with E-state index in [-0.39, 0.29) is 92.8 Å². The van der Waals surface area contributed by atoms with E-state index in [2.05, 4.69) is 51.2 Å². The van der Waals surface area contributed by atoms with Crippen LogP contribution in [0.4, 0.5) is 46.3 Å². The predicted octanol–water partition coefficient (Wildman–Crippen LogP) is 5.26. The van der Waals surface area contributed by atoms with Crippen molar-refractivity contribution in [3.05, 3.63) is 75.9 Å². The Morgan fingerprint density at radius 2 is 1.38 bits per heavy atom. The highest BCUT2D eigenvalue weighted by molar-refractivity contribution is 7.86. The number of nitrogens with one attached hydrogen (secondary N) is 4. The fourth-order valence-electron chi connectivity index (χ4n) is 5.46. The lowest BCUT2D eigenvalue weighted by atomic mass is 10.1. The molecular weight excluding hydrogens is 839 g/mol. The normalized spacial score (nSPS) is 12.9. The molecule has 0 radical (unpaired) electrons. The van der Waals surface area contributed by atoms with Gasteiger partial charge in [-0.25, -0.2) is 4.98 Å². The number of aromatic nitrogens is 5. The number of fused-ring (bicyclic) bond motifs is 4. The lowest BCUT2D eigenvalue weighted by molar-refractivity contribution is 0.449. The van der Waals surface area contributed by atoms with Gasteiger partial charge in [-0.05, 0) is 24.3 Å². The van der Waals surface area contributed by atoms with Gasteiger partial charge in [0.15, 0.2) is 32.6 Å². The molecule has 0 fully saturated rings. The molecular formula is C30H20Cl2F4N10O8S2. The van der Waals surface area contributed by atoms with E-state index in [0.717, 1.165) is 12.1 Å². The minimum atomic E-state index is -5.07. The van der Waals surface area contributed by atoms with Gasteiger partial charge < -0.3 is 30.4 Å². The zero-order valence-corrected chi connectivity index (χ0v) is 30.5. The van der Waals surface area contributed by atoms with Gasteiger partial charge in [0.25, 0.3) is 10.1 Å². The van der Waals surface area contributed by atoms with E-state index in [9.17, 15) is 43.5 Å². The molecule has 4 aromatic rings. The molecule has 2 aliphatic heterocycles. The maximum Gasteiger partial charge on any atom is 0.313 e. The summed E-state index contributed by atoms with van der Waals surface area (Å²) in [7, 11) is -10.1. The summed E-state index contributed by atoms with van der Waals surface area (Å²) in [6, 6.07) is 6.78. The van der Waals surface area contributed by atoms with Crippen molar-refractivity contribution in [1.82, 2.24) is 24.9 Å². The molecule has 0 saturated heterocycles. The summed E-state index contributed by atoms with van der Waals surface area (Å²) >= 11 is 13.4. The Hall–Kier alpha value is -5.66. The van der Waals surface area contributed by atoms with Crippen molar-refractivity contribution in [2.24, 2.45) is 4.99 Å². The Kier molecular flexibility index (Phi) is 10.2. The number of ether oxygens (including phenoxy) is 1. The van der Waals surface area contributed by atoms with Crippen molar-refractivity contribution in [2.75, 3.05) is 47.4 Å². The molecule has 292 valence electrons. The van der Waals surface area contributed by atoms with Crippen LogP contribution in [0.1, 0.15) is 0 Å². The number of nitrogens with zero attached hydrogens (tertiary/aromatic N) is 6. The molecule has 0 unspecified atom stereocenters. The average molecular weight is 860 g/mol. The van der Waals surface area contributed by atoms with E-state index in [1.54, 1.807) is 0 Å². The number of rotatable bonds is 11. The Balaban J connectivity index is 1.22. The fraction of sp³-hybridized carbons (Fsp3) is 0.133. The SMILES string of the molecule is O=S(=O)(O)c1c(NCCNc2cc(F)nc(F)n2)ccc2c1Oc1c(c(Cl)c3oc4c(S(=O)(=O)O)c(=NCCNc5cc(F)nc(F)n5)ccc-4nc3c1Cl)N2. The molecule has 0 amide bonds. The standard InChI is InChI=1S/C30H20Cl2F4N10O8S2/c31-19-21-25(53-23-11(41-21)1-3-13(27(23)55(47,48)49)37-5-7-39-17-9-15(33)43-29(35)45-17)20(32)22-26(19)54-24-12(42-22)2-4-14(28(24)56(50,51)52)38-6-8-40-18-10-16(34)44-30(36)46-18/h1-4,9-10,37,41H,5-8H2,(H,39,43,45)(H,40,44,46)(H,47,48,49)(H,50,51,52). The van der Waals surface area contributed by atoms with Gasteiger partial charge in [0, 0.05) is 31.8 Å². The van der Waals surface area contributed by atoms with Crippen LogP contribution < -0.4 is 31.4 Å². The molecule has 56 heavy (non-hydrogen) atoms. The van der Waals surface area contributed by atoms with Crippen molar-refractivity contribution in [3.8, 4) is 23.0 Å². The van der Waals surface area contributed by atoms with Crippen LogP contribution in [0.2, 0.25) is 10.0 Å². The monoisotopic (exact) mass is 858 g/mol. The van der Waals surface area contributed by atoms with Crippen LogP contribution in [0.25, 0.3) is 22.6 Å². The van der Waals surface area contributed by atoms with Gasteiger partial charge in [0.2, 0.25) is 11.9 Å². The van der Waals surface area contributed by atoms with Gasteiger partial charge in [-0.15, -0.1) is 0 Å². The molecule has 1 aliphatic carbocycles. The number of anilines is 5. The van der Waals surface area contributed by atoms with Gasteiger partial charge in [0.1, 0.15) is 38.6 Å². The van der Waals surface area contributed by atoms with E-state index in [0.29, 0.717) is 0 Å². The average Bonchev–Trinajstić information content (AvgIpc) is 3.10. The van der Waals surface area contributed by atoms with Crippen LogP contribution in [-0.2, 0) is 20.2 Å². The molecule has 26 heteroatoms. The predicted molar refractivity (Wildman–Crippen MR) is 190 cm³/mol. The van der Waals surface area contributed by atoms with Gasteiger partial charge in [-0.1, -0.05) is 23.2 Å². The largest absolute Gasteiger partial charge is 0.450 e. The van der Waals surface area contributed by atoms with Crippen LogP contribution in [0.15, 0.2) is 55.6 Å². The molecule has 6 N–H and O–H groups in total. The summed E-state index contributed by atoms with van der Waals surface area (Å²) in [6.07, 6.45) is -2.62. The zero-order valence-electron chi connectivity index (χ0n) is 27.4. The number of halogens is 6. The van der Waals surface area contributed by atoms with E-state index in [4.69, 9.17) is 32.4 Å². The molecule has 3 aliphatic rings. The van der Waals surface area contributed by atoms with Crippen LogP contribution in [0.3, 0.4) is 0 Å². The number of hydrogen-bond donors (Lipinski definition) is 6. The minimum Gasteiger partial charge on any atom is -0.450 e. The highest BCUT2D eigenvalue weighted by Gasteiger charge is 2.34. The van der Waals surface area contributed by atoms with Crippen molar-refractivity contribution in [3.63, 3.8) is 0 Å². The molecule has 0 saturated carbocycles. The molecule has 2 aromatic heterocycles. The lowest BCUT2D eigenvalue weighted by Crippen LogP contribution is -2.19. The third-order valence-corrected chi connectivity index (χ3v) is 10.2. The van der Waals surface area contributed by atoms with E-state index < -0.39 is 65.6 Å². The smallest absolute Gasteiger partial charge is 0.313 e. The van der Waals surface area contributed by atoms with Crippen molar-refractivity contribution >= 4 is 83.2 Å². The van der Waals surface area contributed by atoms with Crippen molar-refractivity contribution in [2.45, 2.75) is 9.79 Å². The third kappa shape index (κ3) is 7.74. The number of benzene rings is 3. The molecule has 0 spiro atoms. The van der Waals surface area contributed by atoms with E-state index >= 15 is 0 Å². The maximum atomic E-state index is 13.4. The summed E-state index contributed by atoms with van der Waals surface area (Å²) < 4.78 is 136. The summed E-state index contributed by atoms with van der Waals surface area (Å²) in [6.45, 7) is -0.363. The van der Waals surface area contributed by atoms with Crippen LogP contribution >= 0.6 is 23.2 Å². The van der Waals surface area contributed by atoms with Gasteiger partial charge in [-0.2, -0.15) is 54.3 Å². The first-order valence-corrected chi connectivity index (χ1v) is 19.1. The molecule has 0 atom stereocenters. The third-order valence-electron chi connectivity index (χ3n) is 7.65. The lowest BCUT2D eigenvalue weighted by Gasteiger charge is -2.27. The van der Waals surface area contributed by atoms with Crippen molar-refractivity contribution < 1.29 is 52.7 Å². The highest BCUT2D eigenvalue weighted by Crippen LogP contribution is 2.55. The van der Waals surface area contributed by atoms with E-state index in [1.165, 1.54) is 24.3 Å². The van der Waals surface area contributed by atoms with Crippen LogP contribution in [-0.4, -0.2) is 77.0 Å². The van der Waals surface area contributed by atoms with Crippen LogP contribution in [0, 0.1) is 24.1 Å². The van der Waals surface area contributed by atoms with Gasteiger partial charge >= 0.3 is 22.3 Å². The molecule has 2 aromatic carbocycles. The Bertz CT molecular complexity index is 2820. The topological polar surface area (TPSA) is 256 Å². The summed E-state index contributed by atoms with van der Waals surface area (Å²) in [4.78, 5) is 19.5. The first-order valence-electron chi connectivity index (χ1n) is 15.5. The summed E-state index contributed by atoms with van der Waals surface area (Å²) in [5.41, 5.74) is -0.931. The van der Waals surface area contributed by atoms with Gasteiger partial charge in [0.05, 0.1) is 23.3 Å². The highest BCUT2D eigenvalue weighted by atomic mass is 35.5. The summed E-state index contributed by atoms with van der Waals surface area (Å²) in [5.74, 6) is -3.80. The first kappa shape index (κ1) is 38.6. The molecule has 18 nitrogen and oxygen atoms in total. The zero-order chi connectivity index (χ0) is 40.1. The second-order valence-corrected chi connectivity index (χ2v) is 14.8. The maximum absolute atomic E-state index is 13.4. The Morgan fingerprint density at radius 1 is 0.750 bits per heavy atom. The van der Waals surface area contributed by atoms with E-state index in [1.807, 2.05) is 0 Å². The number of hydrogen-bond acceptors (Lipinski definition) is 16. The van der Waals surface area contributed by atoms with Crippen molar-refractivity contribution in [1.29, 1.82) is 0 Å². The Morgan fingerprint density at radius 3 is 2.00 bits per heavy atom. The minimum absolute atomic E-state index is 0.0306. The fourth-order valence-corrected chi connectivity index (χ4v) is 7.57. The molecule has 7 rings (SSSR count). The molecule has 4 heterocycles. The van der Waals surface area contributed by atoms with Crippen LogP contribution in [0.5, 0.6) is 11.5 Å². The van der Waals surface area contributed by atoms with Gasteiger partial charge in [-0.3, -0.25) is 14.1 Å². The quantitative estimate of drug-likeness (QED) is 0.0242. The Labute approximate surface area is 320 Å². The summed E-state index contributed by atoms with van der Waals surface area (Å²) in [5, 5.41) is 10.0. The molecule has 0 bridgehead atoms.